The topological polar surface area (TPSA) is 149 Å². The van der Waals surface area contributed by atoms with Crippen LogP contribution in [0, 0.1) is 0 Å². The van der Waals surface area contributed by atoms with Gasteiger partial charge in [-0.2, -0.15) is 0 Å². The van der Waals surface area contributed by atoms with Gasteiger partial charge in [-0.15, -0.1) is 0 Å². The lowest BCUT2D eigenvalue weighted by atomic mass is 9.78. The largest absolute Gasteiger partial charge is 0.494 e. The molecule has 0 bridgehead atoms. The number of aromatic nitrogens is 2. The molecule has 0 aliphatic carbocycles. The number of benzene rings is 3. The van der Waals surface area contributed by atoms with E-state index in [9.17, 15) is 19.8 Å². The Labute approximate surface area is 297 Å². The number of ether oxygens (including phenoxy) is 2. The number of carbonyl (C=O) groups excluding carboxylic acids is 2. The number of rotatable bonds is 13. The van der Waals surface area contributed by atoms with Crippen LogP contribution in [0.2, 0.25) is 0 Å². The van der Waals surface area contributed by atoms with Crippen LogP contribution in [0.4, 0.5) is 11.6 Å². The average molecular weight is 693 g/mol. The number of nitrogens with one attached hydrogen (secondary N) is 2. The van der Waals surface area contributed by atoms with Gasteiger partial charge in [-0.25, -0.2) is 9.97 Å². The van der Waals surface area contributed by atoms with Crippen LogP contribution >= 0.6 is 0 Å². The number of piperidine rings is 1. The lowest BCUT2D eigenvalue weighted by molar-refractivity contribution is -0.0413. The second kappa shape index (κ2) is 14.7. The van der Waals surface area contributed by atoms with Crippen LogP contribution in [0.15, 0.2) is 79.0 Å². The van der Waals surface area contributed by atoms with Gasteiger partial charge in [-0.3, -0.25) is 19.8 Å². The van der Waals surface area contributed by atoms with E-state index in [0.717, 1.165) is 52.3 Å². The summed E-state index contributed by atoms with van der Waals surface area (Å²) in [5, 5.41) is 26.1. The summed E-state index contributed by atoms with van der Waals surface area (Å²) in [6.45, 7) is 7.77. The van der Waals surface area contributed by atoms with Gasteiger partial charge in [-0.1, -0.05) is 44.2 Å². The number of carbonyl (C=O) groups is 2. The fourth-order valence-electron chi connectivity index (χ4n) is 6.78. The van der Waals surface area contributed by atoms with Crippen molar-refractivity contribution in [3.05, 3.63) is 107 Å². The number of fused-ring (bicyclic) bond motifs is 1. The predicted molar refractivity (Wildman–Crippen MR) is 192 cm³/mol. The van der Waals surface area contributed by atoms with E-state index in [-0.39, 0.29) is 5.41 Å². The van der Waals surface area contributed by atoms with Gasteiger partial charge in [-0.05, 0) is 79.3 Å². The fraction of sp³-hybridized carbons (Fsp3) is 0.385. The second-order valence-corrected chi connectivity index (χ2v) is 13.8. The number of amides is 2. The minimum Gasteiger partial charge on any atom is -0.494 e. The Morgan fingerprint density at radius 2 is 1.61 bits per heavy atom. The summed E-state index contributed by atoms with van der Waals surface area (Å²) in [4.78, 5) is 38.8. The van der Waals surface area contributed by atoms with Crippen LogP contribution < -0.4 is 25.0 Å². The Morgan fingerprint density at radius 3 is 2.27 bits per heavy atom. The molecule has 1 aromatic heterocycles. The summed E-state index contributed by atoms with van der Waals surface area (Å²) in [6, 6.07) is 22.6. The van der Waals surface area contributed by atoms with Crippen molar-refractivity contribution in [2.45, 2.75) is 70.1 Å². The molecular formula is C39H44N6O6. The van der Waals surface area contributed by atoms with Crippen molar-refractivity contribution in [1.82, 2.24) is 20.2 Å². The average Bonchev–Trinajstić information content (AvgIpc) is 3.36. The molecule has 4 heterocycles. The minimum absolute atomic E-state index is 0.239. The van der Waals surface area contributed by atoms with Crippen LogP contribution in [-0.2, 0) is 12.0 Å². The van der Waals surface area contributed by atoms with E-state index in [1.807, 2.05) is 30.3 Å². The van der Waals surface area contributed by atoms with Gasteiger partial charge in [0.1, 0.15) is 30.6 Å². The molecule has 0 saturated carbocycles. The van der Waals surface area contributed by atoms with Crippen LogP contribution in [0.3, 0.4) is 0 Å². The Bertz CT molecular complexity index is 1860. The van der Waals surface area contributed by atoms with Gasteiger partial charge in [0.15, 0.2) is 0 Å². The summed E-state index contributed by atoms with van der Waals surface area (Å²) in [6.07, 6.45) is 2.21. The van der Waals surface area contributed by atoms with Gasteiger partial charge in [0, 0.05) is 36.9 Å². The van der Waals surface area contributed by atoms with Crippen LogP contribution in [0.1, 0.15) is 77.1 Å². The molecule has 3 aliphatic rings. The molecule has 2 amide bonds. The van der Waals surface area contributed by atoms with Crippen molar-refractivity contribution in [1.29, 1.82) is 0 Å². The van der Waals surface area contributed by atoms with Crippen molar-refractivity contribution >= 4 is 23.5 Å². The zero-order valence-corrected chi connectivity index (χ0v) is 28.9. The van der Waals surface area contributed by atoms with Crippen LogP contribution in [-0.4, -0.2) is 81.6 Å². The summed E-state index contributed by atoms with van der Waals surface area (Å²) in [5.41, 5.74) is 4.12. The van der Waals surface area contributed by atoms with Gasteiger partial charge < -0.3 is 29.9 Å². The molecule has 4 N–H and O–H groups in total. The number of imide groups is 1. The highest BCUT2D eigenvalue weighted by atomic mass is 16.5. The Balaban J connectivity index is 0.884. The van der Waals surface area contributed by atoms with Crippen molar-refractivity contribution in [3.8, 4) is 11.5 Å². The molecule has 3 atom stereocenters. The Hall–Kier alpha value is -5.04. The number of anilines is 2. The Kier molecular flexibility index (Phi) is 9.90. The molecular weight excluding hydrogens is 648 g/mol. The highest BCUT2D eigenvalue weighted by Gasteiger charge is 2.45. The quantitative estimate of drug-likeness (QED) is 0.116. The highest BCUT2D eigenvalue weighted by molar-refractivity contribution is 6.24. The van der Waals surface area contributed by atoms with Crippen molar-refractivity contribution in [3.63, 3.8) is 0 Å². The molecule has 12 heteroatoms. The second-order valence-electron chi connectivity index (χ2n) is 13.8. The molecule has 0 spiro atoms. The van der Waals surface area contributed by atoms with E-state index in [4.69, 9.17) is 9.47 Å². The predicted octanol–water partition coefficient (Wildman–Crippen LogP) is 4.46. The maximum atomic E-state index is 13.4. The first-order valence-electron chi connectivity index (χ1n) is 17.6. The summed E-state index contributed by atoms with van der Waals surface area (Å²) < 4.78 is 12.1. The molecule has 3 unspecified atom stereocenters. The minimum atomic E-state index is -1.19. The molecule has 51 heavy (non-hydrogen) atoms. The smallest absolute Gasteiger partial charge is 0.264 e. The lowest BCUT2D eigenvalue weighted by Crippen LogP contribution is -2.58. The van der Waals surface area contributed by atoms with Gasteiger partial charge in [0.2, 0.25) is 5.95 Å². The molecule has 7 rings (SSSR count). The SMILES string of the molecule is CC(C)(c1ccc(OCCCNc2cccc3c2C(=O)N(C2CCC(O)NC2O)C3=O)cc1)c1ccc(OCc2ccnc(N3CCC3)n2)cc1. The lowest BCUT2D eigenvalue weighted by Gasteiger charge is -2.36. The van der Waals surface area contributed by atoms with E-state index in [1.165, 1.54) is 6.42 Å². The number of nitrogens with zero attached hydrogens (tertiary/aromatic N) is 4. The van der Waals surface area contributed by atoms with E-state index < -0.39 is 30.3 Å². The first kappa shape index (κ1) is 34.4. The third-order valence-electron chi connectivity index (χ3n) is 10.0. The van der Waals surface area contributed by atoms with Gasteiger partial charge >= 0.3 is 0 Å². The fourth-order valence-corrected chi connectivity index (χ4v) is 6.78. The first-order valence-corrected chi connectivity index (χ1v) is 17.6. The maximum absolute atomic E-state index is 13.4. The summed E-state index contributed by atoms with van der Waals surface area (Å²) in [5.74, 6) is 1.44. The maximum Gasteiger partial charge on any atom is 0.264 e. The standard InChI is InChI=1S/C39H44N6O6/c1-39(2,26-10-14-29(15-11-26)51-24-27-18-20-41-38(42-27)44-21-5-22-44)25-8-12-28(13-9-25)50-23-4-19-40-31-7-3-6-30-34(31)37(49)45(36(30)48)32-16-17-33(46)43-35(32)47/h3,6-15,18,20,32-33,35,40,43,46-47H,4-5,16-17,19,21-24H2,1-2H3. The zero-order chi connectivity index (χ0) is 35.5. The van der Waals surface area contributed by atoms with E-state index >= 15 is 0 Å². The summed E-state index contributed by atoms with van der Waals surface area (Å²) in [7, 11) is 0. The van der Waals surface area contributed by atoms with Crippen molar-refractivity contribution in [2.75, 3.05) is 36.5 Å². The van der Waals surface area contributed by atoms with E-state index in [0.29, 0.717) is 55.8 Å². The third kappa shape index (κ3) is 7.25. The van der Waals surface area contributed by atoms with Gasteiger partial charge in [0.05, 0.1) is 29.5 Å². The monoisotopic (exact) mass is 692 g/mol. The van der Waals surface area contributed by atoms with E-state index in [1.54, 1.807) is 24.4 Å². The van der Waals surface area contributed by atoms with Crippen molar-refractivity contribution in [2.24, 2.45) is 0 Å². The molecule has 3 aromatic carbocycles. The zero-order valence-electron chi connectivity index (χ0n) is 28.9. The Morgan fingerprint density at radius 1 is 0.902 bits per heavy atom. The molecule has 266 valence electrons. The number of hydrogen-bond acceptors (Lipinski definition) is 11. The van der Waals surface area contributed by atoms with Gasteiger partial charge in [0.25, 0.3) is 11.8 Å². The first-order chi connectivity index (χ1) is 24.7. The van der Waals surface area contributed by atoms with Crippen LogP contribution in [0.5, 0.6) is 11.5 Å². The molecule has 4 aromatic rings. The molecule has 2 fully saturated rings. The van der Waals surface area contributed by atoms with E-state index in [2.05, 4.69) is 63.6 Å². The molecule has 3 aliphatic heterocycles. The van der Waals surface area contributed by atoms with Crippen molar-refractivity contribution < 1.29 is 29.3 Å². The molecule has 0 radical (unpaired) electrons. The normalized spacial score (nSPS) is 20.2. The highest BCUT2D eigenvalue weighted by Crippen LogP contribution is 2.35. The number of hydrogen-bond donors (Lipinski definition) is 4. The third-order valence-corrected chi connectivity index (χ3v) is 10.0. The number of aliphatic hydroxyl groups excluding tert-OH is 2. The molecule has 2 saturated heterocycles. The summed E-state index contributed by atoms with van der Waals surface area (Å²) >= 11 is 0. The van der Waals surface area contributed by atoms with Crippen LogP contribution in [0.25, 0.3) is 0 Å². The number of aliphatic hydroxyl groups is 2. The molecule has 12 nitrogen and oxygen atoms in total.